The molecule has 6 aromatic carbocycles. The highest BCUT2D eigenvalue weighted by Crippen LogP contribution is 2.46. The van der Waals surface area contributed by atoms with Crippen molar-refractivity contribution in [3.63, 3.8) is 0 Å². The Morgan fingerprint density at radius 1 is 0.388 bits per heavy atom. The summed E-state index contributed by atoms with van der Waals surface area (Å²) in [4.78, 5) is 8.23. The van der Waals surface area contributed by atoms with Crippen molar-refractivity contribution >= 4 is 89.3 Å². The number of alkyl halides is 3. The number of rotatable bonds is 31. The molecule has 16 rings (SSSR count). The van der Waals surface area contributed by atoms with Crippen LogP contribution in [0.1, 0.15) is 135 Å². The third kappa shape index (κ3) is 20.1. The van der Waals surface area contributed by atoms with Crippen LogP contribution in [-0.2, 0) is 19.3 Å². The Morgan fingerprint density at radius 3 is 1.13 bits per heavy atom. The molecule has 0 bridgehead atoms. The number of halogens is 4. The first-order valence-corrected chi connectivity index (χ1v) is 45.4. The van der Waals surface area contributed by atoms with Crippen LogP contribution in [0.4, 0.5) is 47.8 Å². The Bertz CT molecular complexity index is 6740. The molecule has 134 heavy (non-hydrogen) atoms. The molecule has 33 heteroatoms. The van der Waals surface area contributed by atoms with Crippen LogP contribution in [0, 0.1) is 83.1 Å². The van der Waals surface area contributed by atoms with E-state index in [4.69, 9.17) is 59.0 Å². The fourth-order valence-corrected chi connectivity index (χ4v) is 18.2. The molecular weight excluding hydrogens is 1730 g/mol. The van der Waals surface area contributed by atoms with Crippen molar-refractivity contribution in [2.24, 2.45) is 0 Å². The van der Waals surface area contributed by atoms with Gasteiger partial charge in [0.1, 0.15) is 63.3 Å². The summed E-state index contributed by atoms with van der Waals surface area (Å²) < 4.78 is 106. The number of aromatic nitrogens is 14. The fourth-order valence-electron chi connectivity index (χ4n) is 18.0. The quantitative estimate of drug-likeness (QED) is 0.0341. The first kappa shape index (κ1) is 97.8. The minimum absolute atomic E-state index is 0.207. The first-order chi connectivity index (χ1) is 64.5. The standard InChI is InChI=1S/C26H30N4O3.C25H27ClN4O3.C25H27F3N6O2.C25H37N5O2/c1-7-32-20-11-9-10-19(14-20)27-26-25-18(5)30(17(4)24(25)16(3)28-29-26)22-13-12-21(33-8-2)15-23(22)31-6;1-7-33-18-9-10-20(22(13-18)32-6)30-15(3)23-14(2)28-29-25(24(23)16(30)4)27-17-8-11-21(31-5)19(26)12-17;1-6-36-17-7-8-18(19(11-17)35-5)34-15(3)22-14(2)30-31-24(23(22)16(34)4)33-10-9-32-12-20(25(26,27)28)29-21(32)13-33;1-8-29(9-2)15-11-14-26-25-24-19(6)30(18(5)23(24)17(4)27-28-25)21-13-12-20(32-10-3)16-22(21)31-7/h9-15H,7-8H2,1-6H3,(H,27,29);8-13H,7H2,1-6H3,(H,27,29);7-8,11-12H,6,9-10,13H2,1-5H3;12-13,16H,8-11,14-15H2,1-7H3,(H,26,28). The predicted molar refractivity (Wildman–Crippen MR) is 525 cm³/mol. The van der Waals surface area contributed by atoms with Crippen LogP contribution in [0.5, 0.6) is 57.5 Å². The summed E-state index contributed by atoms with van der Waals surface area (Å²) >= 11 is 6.32. The normalized spacial score (nSPS) is 11.8. The van der Waals surface area contributed by atoms with Crippen LogP contribution >= 0.6 is 11.6 Å². The zero-order valence-electron chi connectivity index (χ0n) is 81.0. The number of aryl methyl sites for hydroxylation is 12. The predicted octanol–water partition coefficient (Wildman–Crippen LogP) is 21.9. The Morgan fingerprint density at radius 2 is 0.746 bits per heavy atom. The molecular formula is C101H121ClF3N19O10. The van der Waals surface area contributed by atoms with Crippen molar-refractivity contribution in [3.05, 3.63) is 206 Å². The lowest BCUT2D eigenvalue weighted by molar-refractivity contribution is -0.141. The topological polar surface area (TPSA) is 276 Å². The van der Waals surface area contributed by atoms with Crippen molar-refractivity contribution in [3.8, 4) is 80.2 Å². The molecule has 708 valence electrons. The lowest BCUT2D eigenvalue weighted by atomic mass is 10.1. The van der Waals surface area contributed by atoms with E-state index < -0.39 is 11.9 Å². The number of nitrogens with one attached hydrogen (secondary N) is 3. The van der Waals surface area contributed by atoms with Crippen LogP contribution in [0.2, 0.25) is 5.02 Å². The molecule has 29 nitrogen and oxygen atoms in total. The van der Waals surface area contributed by atoms with Gasteiger partial charge in [0.2, 0.25) is 0 Å². The van der Waals surface area contributed by atoms with Crippen LogP contribution in [-0.4, -0.2) is 175 Å². The van der Waals surface area contributed by atoms with Gasteiger partial charge >= 0.3 is 6.18 Å². The highest BCUT2D eigenvalue weighted by molar-refractivity contribution is 6.32. The van der Waals surface area contributed by atoms with Gasteiger partial charge in [0, 0.05) is 156 Å². The van der Waals surface area contributed by atoms with Gasteiger partial charge in [-0.05, 0) is 223 Å². The van der Waals surface area contributed by atoms with E-state index in [0.29, 0.717) is 91.7 Å². The third-order valence-corrected chi connectivity index (χ3v) is 24.3. The number of fused-ring (bicyclic) bond motifs is 5. The van der Waals surface area contributed by atoms with Crippen molar-refractivity contribution in [2.75, 3.05) is 122 Å². The summed E-state index contributed by atoms with van der Waals surface area (Å²) in [5.41, 5.74) is 16.3. The monoisotopic (exact) mass is 1850 g/mol. The maximum Gasteiger partial charge on any atom is 0.434 e. The van der Waals surface area contributed by atoms with E-state index >= 15 is 0 Å². The molecule has 0 spiro atoms. The molecule has 15 aromatic rings. The van der Waals surface area contributed by atoms with E-state index in [0.717, 1.165) is 230 Å². The van der Waals surface area contributed by atoms with Gasteiger partial charge in [0.05, 0.1) is 126 Å². The van der Waals surface area contributed by atoms with E-state index in [-0.39, 0.29) is 6.54 Å². The molecule has 0 saturated carbocycles. The molecule has 3 N–H and O–H groups in total. The Labute approximate surface area is 785 Å². The van der Waals surface area contributed by atoms with Crippen LogP contribution in [0.3, 0.4) is 0 Å². The van der Waals surface area contributed by atoms with E-state index in [1.165, 1.54) is 0 Å². The van der Waals surface area contributed by atoms with Gasteiger partial charge in [-0.1, -0.05) is 31.5 Å². The van der Waals surface area contributed by atoms with Crippen molar-refractivity contribution in [1.82, 2.24) is 73.5 Å². The van der Waals surface area contributed by atoms with Gasteiger partial charge < -0.3 is 96.0 Å². The van der Waals surface area contributed by atoms with Gasteiger partial charge in [-0.15, -0.1) is 20.4 Å². The number of nitrogens with zero attached hydrogens (tertiary/aromatic N) is 16. The molecule has 0 amide bonds. The summed E-state index contributed by atoms with van der Waals surface area (Å²) in [6.07, 6.45) is -2.34. The molecule has 0 aliphatic carbocycles. The molecule has 0 fully saturated rings. The number of hydrogen-bond acceptors (Lipinski definition) is 24. The lowest BCUT2D eigenvalue weighted by Crippen LogP contribution is -2.34. The van der Waals surface area contributed by atoms with E-state index in [9.17, 15) is 13.2 Å². The Hall–Kier alpha value is -13.8. The highest BCUT2D eigenvalue weighted by Gasteiger charge is 2.37. The minimum Gasteiger partial charge on any atom is -0.495 e. The van der Waals surface area contributed by atoms with Gasteiger partial charge in [-0.2, -0.15) is 33.6 Å². The van der Waals surface area contributed by atoms with Gasteiger partial charge in [0.15, 0.2) is 29.0 Å². The molecule has 0 unspecified atom stereocenters. The smallest absolute Gasteiger partial charge is 0.434 e. The van der Waals surface area contributed by atoms with E-state index in [1.54, 1.807) is 40.1 Å². The third-order valence-electron chi connectivity index (χ3n) is 24.0. The second kappa shape index (κ2) is 42.9. The molecule has 0 radical (unpaired) electrons. The molecule has 0 saturated heterocycles. The van der Waals surface area contributed by atoms with Gasteiger partial charge in [-0.3, -0.25) is 0 Å². The summed E-state index contributed by atoms with van der Waals surface area (Å²) in [6.45, 7) is 46.8. The van der Waals surface area contributed by atoms with Gasteiger partial charge in [0.25, 0.3) is 0 Å². The average molecular weight is 1850 g/mol. The molecule has 10 heterocycles. The highest BCUT2D eigenvalue weighted by atomic mass is 35.5. The number of hydrogen-bond donors (Lipinski definition) is 3. The minimum atomic E-state index is -4.48. The maximum atomic E-state index is 13.2. The van der Waals surface area contributed by atoms with Crippen LogP contribution in [0.25, 0.3) is 65.8 Å². The lowest BCUT2D eigenvalue weighted by Gasteiger charge is -2.29. The number of imidazole rings is 1. The largest absolute Gasteiger partial charge is 0.495 e. The van der Waals surface area contributed by atoms with Crippen LogP contribution < -0.4 is 68.2 Å². The maximum absolute atomic E-state index is 13.2. The van der Waals surface area contributed by atoms with Crippen molar-refractivity contribution < 1.29 is 60.5 Å². The molecule has 0 atom stereocenters. The molecule has 1 aliphatic rings. The number of ether oxygens (including phenoxy) is 10. The van der Waals surface area contributed by atoms with Gasteiger partial charge in [-0.25, -0.2) is 4.98 Å². The zero-order chi connectivity index (χ0) is 96.3. The molecule has 1 aliphatic heterocycles. The second-order valence-corrected chi connectivity index (χ2v) is 32.5. The number of benzene rings is 6. The Kier molecular flexibility index (Phi) is 31.3. The van der Waals surface area contributed by atoms with Crippen molar-refractivity contribution in [2.45, 2.75) is 157 Å². The number of methoxy groups -OCH3 is 5. The van der Waals surface area contributed by atoms with E-state index in [2.05, 4.69) is 146 Å². The summed E-state index contributed by atoms with van der Waals surface area (Å²) in [5.74, 6) is 10.6. The average Bonchev–Trinajstić information content (AvgIpc) is 1.59. The fraction of sp³-hybridized carbons (Fsp3) is 0.376. The van der Waals surface area contributed by atoms with Crippen LogP contribution in [0.15, 0.2) is 121 Å². The Balaban J connectivity index is 0.000000152. The van der Waals surface area contributed by atoms with Crippen molar-refractivity contribution in [1.29, 1.82) is 0 Å². The number of anilines is 6. The summed E-state index contributed by atoms with van der Waals surface area (Å²) in [6, 6.07) is 36.8. The van der Waals surface area contributed by atoms with E-state index in [1.807, 2.05) is 190 Å². The molecule has 9 aromatic heterocycles. The zero-order valence-corrected chi connectivity index (χ0v) is 81.7. The second-order valence-electron chi connectivity index (χ2n) is 32.1. The summed E-state index contributed by atoms with van der Waals surface area (Å²) in [5, 5.41) is 54.8. The summed E-state index contributed by atoms with van der Waals surface area (Å²) in [7, 11) is 8.24. The SMILES string of the molecule is CCOc1ccc(-n2c(C)c3c(C)nnc(N4CCn5cc(C(F)(F)F)nc5C4)c3c2C)c(OC)c1.CCOc1ccc(-n2c(C)c3c(C)nnc(NCCCN(CC)CC)c3c2C)c(OC)c1.CCOc1ccc(-n2c(C)c3c(C)nnc(Nc4ccc(OC)c(Cl)c4)c3c2C)c(OC)c1.CCOc1cccc(Nc2nnc(C)c3c(C)n(-c4ccc(OCC)cc4OC)c(C)c23)c1. The first-order valence-electron chi connectivity index (χ1n) is 45.1.